The smallest absolute Gasteiger partial charge is 0.277 e. The summed E-state index contributed by atoms with van der Waals surface area (Å²) in [6, 6.07) is 0. The second kappa shape index (κ2) is 3.67. The summed E-state index contributed by atoms with van der Waals surface area (Å²) in [4.78, 5) is 17.3. The van der Waals surface area contributed by atoms with Gasteiger partial charge in [-0.25, -0.2) is 4.98 Å². The van der Waals surface area contributed by atoms with Crippen LogP contribution in [0.5, 0.6) is 5.88 Å². The molecule has 0 amide bonds. The zero-order chi connectivity index (χ0) is 9.97. The van der Waals surface area contributed by atoms with Crippen LogP contribution in [0.4, 0.5) is 5.69 Å². The Morgan fingerprint density at radius 3 is 3.21 bits per heavy atom. The molecule has 0 saturated carbocycles. The number of rotatable bonds is 2. The lowest BCUT2D eigenvalue weighted by atomic mass is 10.3. The van der Waals surface area contributed by atoms with Gasteiger partial charge in [-0.2, -0.15) is 0 Å². The van der Waals surface area contributed by atoms with Crippen LogP contribution in [0.1, 0.15) is 6.42 Å². The second-order valence-corrected chi connectivity index (χ2v) is 3.18. The molecule has 1 aliphatic rings. The number of ether oxygens (including phenoxy) is 1. The van der Waals surface area contributed by atoms with Crippen molar-refractivity contribution in [1.29, 1.82) is 0 Å². The van der Waals surface area contributed by atoms with Crippen LogP contribution in [0.3, 0.4) is 0 Å². The van der Waals surface area contributed by atoms with Gasteiger partial charge in [0.1, 0.15) is 6.10 Å². The number of hydrogen-bond donors (Lipinski definition) is 3. The van der Waals surface area contributed by atoms with Crippen LogP contribution < -0.4 is 21.3 Å². The van der Waals surface area contributed by atoms with Crippen LogP contribution in [0.25, 0.3) is 0 Å². The molecule has 1 atom stereocenters. The first-order chi connectivity index (χ1) is 6.77. The van der Waals surface area contributed by atoms with Gasteiger partial charge in [0.2, 0.25) is 5.88 Å². The van der Waals surface area contributed by atoms with E-state index in [1.165, 1.54) is 6.33 Å². The Bertz CT molecular complexity index is 370. The van der Waals surface area contributed by atoms with Gasteiger partial charge in [-0.05, 0) is 13.0 Å². The summed E-state index contributed by atoms with van der Waals surface area (Å²) in [5.74, 6) is 0.224. The molecule has 1 aromatic heterocycles. The number of nitrogens with two attached hydrogens (primary N) is 1. The van der Waals surface area contributed by atoms with Crippen molar-refractivity contribution in [2.45, 2.75) is 12.5 Å². The maximum absolute atomic E-state index is 11.1. The number of H-pyrrole nitrogens is 1. The topological polar surface area (TPSA) is 93.0 Å². The van der Waals surface area contributed by atoms with Crippen LogP contribution in [-0.4, -0.2) is 29.2 Å². The van der Waals surface area contributed by atoms with Crippen molar-refractivity contribution in [3.05, 3.63) is 16.7 Å². The molecule has 0 bridgehead atoms. The number of nitrogen functional groups attached to an aromatic ring is 1. The Labute approximate surface area is 80.5 Å². The Hall–Kier alpha value is -1.56. The van der Waals surface area contributed by atoms with Gasteiger partial charge in [-0.15, -0.1) is 0 Å². The molecule has 2 heterocycles. The Balaban J connectivity index is 2.15. The molecule has 1 unspecified atom stereocenters. The van der Waals surface area contributed by atoms with E-state index in [9.17, 15) is 4.79 Å². The maximum atomic E-state index is 11.1. The predicted octanol–water partition coefficient (Wildman–Crippen LogP) is -0.907. The molecule has 0 aromatic carbocycles. The fraction of sp³-hybridized carbons (Fsp3) is 0.500. The van der Waals surface area contributed by atoms with Crippen LogP contribution in [0.15, 0.2) is 11.1 Å². The third-order valence-electron chi connectivity index (χ3n) is 2.15. The highest BCUT2D eigenvalue weighted by Gasteiger charge is 2.18. The molecule has 0 spiro atoms. The van der Waals surface area contributed by atoms with Crippen molar-refractivity contribution < 1.29 is 4.74 Å². The van der Waals surface area contributed by atoms with E-state index in [1.807, 2.05) is 0 Å². The minimum absolute atomic E-state index is 0.0411. The molecule has 2 rings (SSSR count). The number of nitrogens with zero attached hydrogens (tertiary/aromatic N) is 1. The van der Waals surface area contributed by atoms with Crippen LogP contribution in [0.2, 0.25) is 0 Å². The highest BCUT2D eigenvalue weighted by molar-refractivity contribution is 5.44. The van der Waals surface area contributed by atoms with Crippen molar-refractivity contribution >= 4 is 5.69 Å². The predicted molar refractivity (Wildman–Crippen MR) is 51.2 cm³/mol. The van der Waals surface area contributed by atoms with E-state index in [-0.39, 0.29) is 23.2 Å². The van der Waals surface area contributed by atoms with Crippen molar-refractivity contribution in [1.82, 2.24) is 15.3 Å². The summed E-state index contributed by atoms with van der Waals surface area (Å²) in [5.41, 5.74) is 5.19. The van der Waals surface area contributed by atoms with Gasteiger partial charge in [0, 0.05) is 6.54 Å². The normalized spacial score (nSPS) is 21.0. The quantitative estimate of drug-likeness (QED) is 0.569. The molecule has 6 heteroatoms. The molecular formula is C8H12N4O2. The first kappa shape index (κ1) is 9.01. The zero-order valence-corrected chi connectivity index (χ0v) is 7.62. The van der Waals surface area contributed by atoms with E-state index in [1.54, 1.807) is 0 Å². The number of aromatic amines is 1. The Morgan fingerprint density at radius 2 is 2.50 bits per heavy atom. The molecular weight excluding hydrogens is 184 g/mol. The van der Waals surface area contributed by atoms with Crippen molar-refractivity contribution in [2.24, 2.45) is 0 Å². The van der Waals surface area contributed by atoms with Crippen LogP contribution in [-0.2, 0) is 0 Å². The van der Waals surface area contributed by atoms with Crippen LogP contribution >= 0.6 is 0 Å². The largest absolute Gasteiger partial charge is 0.471 e. The first-order valence-electron chi connectivity index (χ1n) is 4.48. The molecule has 1 aliphatic heterocycles. The third-order valence-corrected chi connectivity index (χ3v) is 2.15. The van der Waals surface area contributed by atoms with E-state index in [0.717, 1.165) is 19.5 Å². The molecule has 0 radical (unpaired) electrons. The monoisotopic (exact) mass is 196 g/mol. The number of hydrogen-bond acceptors (Lipinski definition) is 5. The summed E-state index contributed by atoms with van der Waals surface area (Å²) >= 11 is 0. The lowest BCUT2D eigenvalue weighted by Gasteiger charge is -2.11. The Morgan fingerprint density at radius 1 is 1.64 bits per heavy atom. The van der Waals surface area contributed by atoms with Gasteiger partial charge in [0.15, 0.2) is 5.69 Å². The van der Waals surface area contributed by atoms with Gasteiger partial charge < -0.3 is 20.8 Å². The third kappa shape index (κ3) is 1.69. The molecule has 6 nitrogen and oxygen atoms in total. The number of anilines is 1. The molecule has 1 saturated heterocycles. The van der Waals surface area contributed by atoms with E-state index in [2.05, 4.69) is 15.3 Å². The van der Waals surface area contributed by atoms with Gasteiger partial charge in [-0.3, -0.25) is 4.79 Å². The standard InChI is InChI=1S/C8H12N4O2/c9-6-7(13)11-4-12-8(6)14-5-1-2-10-3-5/h4-5,10H,1-3,9H2,(H,11,12,13). The average Bonchev–Trinajstić information content (AvgIpc) is 2.66. The first-order valence-corrected chi connectivity index (χ1v) is 4.48. The van der Waals surface area contributed by atoms with E-state index in [4.69, 9.17) is 10.5 Å². The highest BCUT2D eigenvalue weighted by Crippen LogP contribution is 2.15. The van der Waals surface area contributed by atoms with Gasteiger partial charge >= 0.3 is 0 Å². The number of nitrogens with one attached hydrogen (secondary N) is 2. The van der Waals surface area contributed by atoms with Gasteiger partial charge in [0.25, 0.3) is 5.56 Å². The van der Waals surface area contributed by atoms with E-state index >= 15 is 0 Å². The summed E-state index contributed by atoms with van der Waals surface area (Å²) in [7, 11) is 0. The molecule has 14 heavy (non-hydrogen) atoms. The summed E-state index contributed by atoms with van der Waals surface area (Å²) in [5, 5.41) is 3.15. The van der Waals surface area contributed by atoms with Crippen LogP contribution in [0, 0.1) is 0 Å². The molecule has 4 N–H and O–H groups in total. The maximum Gasteiger partial charge on any atom is 0.277 e. The minimum atomic E-state index is -0.360. The minimum Gasteiger partial charge on any atom is -0.471 e. The fourth-order valence-corrected chi connectivity index (χ4v) is 1.37. The lowest BCUT2D eigenvalue weighted by molar-refractivity contribution is 0.215. The van der Waals surface area contributed by atoms with Crippen molar-refractivity contribution in [3.63, 3.8) is 0 Å². The van der Waals surface area contributed by atoms with Crippen molar-refractivity contribution in [3.8, 4) is 5.88 Å². The Kier molecular flexibility index (Phi) is 2.36. The highest BCUT2D eigenvalue weighted by atomic mass is 16.5. The SMILES string of the molecule is Nc1c(OC2CCNC2)nc[nH]c1=O. The summed E-state index contributed by atoms with van der Waals surface area (Å²) in [6.45, 7) is 1.70. The molecule has 76 valence electrons. The lowest BCUT2D eigenvalue weighted by Crippen LogP contribution is -2.23. The molecule has 1 fully saturated rings. The molecule has 0 aliphatic carbocycles. The number of aromatic nitrogens is 2. The van der Waals surface area contributed by atoms with Gasteiger partial charge in [-0.1, -0.05) is 0 Å². The van der Waals surface area contributed by atoms with Gasteiger partial charge in [0.05, 0.1) is 6.33 Å². The fourth-order valence-electron chi connectivity index (χ4n) is 1.37. The summed E-state index contributed by atoms with van der Waals surface area (Å²) < 4.78 is 5.47. The van der Waals surface area contributed by atoms with Crippen molar-refractivity contribution in [2.75, 3.05) is 18.8 Å². The summed E-state index contributed by atoms with van der Waals surface area (Å²) in [6.07, 6.45) is 2.26. The zero-order valence-electron chi connectivity index (χ0n) is 7.62. The average molecular weight is 196 g/mol. The van der Waals surface area contributed by atoms with E-state index in [0.29, 0.717) is 0 Å². The second-order valence-electron chi connectivity index (χ2n) is 3.18. The molecule has 1 aromatic rings. The van der Waals surface area contributed by atoms with E-state index < -0.39 is 0 Å².